The number of ketones is 1. The van der Waals surface area contributed by atoms with Gasteiger partial charge >= 0.3 is 0 Å². The fourth-order valence-electron chi connectivity index (χ4n) is 2.42. The Hall–Kier alpha value is -1.19. The Kier molecular flexibility index (Phi) is 2.50. The zero-order chi connectivity index (χ0) is 11.0. The Bertz CT molecular complexity index is 387. The number of hydrogen-bond donors (Lipinski definition) is 0. The minimum atomic E-state index is -0.297. The van der Waals surface area contributed by atoms with Crippen molar-refractivity contribution in [3.8, 4) is 0 Å². The standard InChI is InChI=1S/C13H14O3/c14-11-6-10-7-12(13(11)16-10)15-8-9-4-2-1-3-5-9/h1-5,10,12-13H,6-8H2/t10-,12+,13-/m1/s1. The summed E-state index contributed by atoms with van der Waals surface area (Å²) in [6.07, 6.45) is 1.22. The Morgan fingerprint density at radius 2 is 2.12 bits per heavy atom. The predicted molar refractivity (Wildman–Crippen MR) is 57.9 cm³/mol. The van der Waals surface area contributed by atoms with Crippen molar-refractivity contribution < 1.29 is 14.3 Å². The van der Waals surface area contributed by atoms with Crippen LogP contribution in [0.4, 0.5) is 0 Å². The van der Waals surface area contributed by atoms with Crippen LogP contribution in [0.5, 0.6) is 0 Å². The molecule has 3 heteroatoms. The van der Waals surface area contributed by atoms with E-state index in [1.165, 1.54) is 0 Å². The highest BCUT2D eigenvalue weighted by atomic mass is 16.6. The summed E-state index contributed by atoms with van der Waals surface area (Å²) in [7, 11) is 0. The van der Waals surface area contributed by atoms with E-state index in [9.17, 15) is 4.79 Å². The molecule has 0 saturated carbocycles. The highest BCUT2D eigenvalue weighted by Gasteiger charge is 2.47. The molecule has 1 aromatic rings. The molecule has 0 radical (unpaired) electrons. The number of ether oxygens (including phenoxy) is 2. The minimum Gasteiger partial charge on any atom is -0.370 e. The Morgan fingerprint density at radius 1 is 1.31 bits per heavy atom. The number of benzene rings is 1. The van der Waals surface area contributed by atoms with Crippen LogP contribution in [0.1, 0.15) is 18.4 Å². The number of fused-ring (bicyclic) bond motifs is 2. The van der Waals surface area contributed by atoms with Crippen LogP contribution in [-0.4, -0.2) is 24.1 Å². The number of Topliss-reactive ketones (excluding diaryl/α,β-unsaturated/α-hetero) is 1. The Morgan fingerprint density at radius 3 is 2.81 bits per heavy atom. The van der Waals surface area contributed by atoms with E-state index in [2.05, 4.69) is 0 Å². The molecule has 0 unspecified atom stereocenters. The summed E-state index contributed by atoms with van der Waals surface area (Å²) < 4.78 is 11.3. The van der Waals surface area contributed by atoms with Crippen molar-refractivity contribution in [2.24, 2.45) is 0 Å². The second-order valence-electron chi connectivity index (χ2n) is 4.42. The van der Waals surface area contributed by atoms with E-state index in [0.717, 1.165) is 12.0 Å². The quantitative estimate of drug-likeness (QED) is 0.774. The van der Waals surface area contributed by atoms with Crippen molar-refractivity contribution in [1.82, 2.24) is 0 Å². The predicted octanol–water partition coefficient (Wildman–Crippen LogP) is 1.70. The molecule has 1 aromatic carbocycles. The highest BCUT2D eigenvalue weighted by molar-refractivity contribution is 5.87. The van der Waals surface area contributed by atoms with E-state index in [-0.39, 0.29) is 24.1 Å². The summed E-state index contributed by atoms with van der Waals surface area (Å²) in [6, 6.07) is 10.0. The molecule has 0 amide bonds. The SMILES string of the molecule is O=C1C[C@@H]2C[C@H](OCc3ccccc3)[C@@H]1O2. The van der Waals surface area contributed by atoms with Gasteiger partial charge < -0.3 is 9.47 Å². The molecule has 2 aliphatic rings. The molecular formula is C13H14O3. The maximum atomic E-state index is 11.5. The van der Waals surface area contributed by atoms with Gasteiger partial charge in [0.1, 0.15) is 6.10 Å². The number of carbonyl (C=O) groups excluding carboxylic acids is 1. The lowest BCUT2D eigenvalue weighted by molar-refractivity contribution is -0.127. The molecule has 3 rings (SSSR count). The van der Waals surface area contributed by atoms with E-state index in [1.54, 1.807) is 0 Å². The first-order chi connectivity index (χ1) is 7.83. The fourth-order valence-corrected chi connectivity index (χ4v) is 2.42. The maximum Gasteiger partial charge on any atom is 0.166 e. The topological polar surface area (TPSA) is 35.5 Å². The molecule has 3 atom stereocenters. The van der Waals surface area contributed by atoms with E-state index >= 15 is 0 Å². The van der Waals surface area contributed by atoms with E-state index in [0.29, 0.717) is 13.0 Å². The smallest absolute Gasteiger partial charge is 0.166 e. The number of carbonyl (C=O) groups is 1. The fraction of sp³-hybridized carbons (Fsp3) is 0.462. The largest absolute Gasteiger partial charge is 0.370 e. The van der Waals surface area contributed by atoms with Crippen LogP contribution in [0.3, 0.4) is 0 Å². The van der Waals surface area contributed by atoms with Crippen molar-refractivity contribution in [3.05, 3.63) is 35.9 Å². The second-order valence-corrected chi connectivity index (χ2v) is 4.42. The molecule has 0 aliphatic carbocycles. The van der Waals surface area contributed by atoms with Crippen LogP contribution in [0.2, 0.25) is 0 Å². The van der Waals surface area contributed by atoms with Crippen molar-refractivity contribution in [2.45, 2.75) is 37.8 Å². The van der Waals surface area contributed by atoms with Crippen LogP contribution in [-0.2, 0) is 20.9 Å². The first-order valence-corrected chi connectivity index (χ1v) is 5.66. The summed E-state index contributed by atoms with van der Waals surface area (Å²) in [5, 5.41) is 0. The van der Waals surface area contributed by atoms with Crippen LogP contribution < -0.4 is 0 Å². The molecule has 2 heterocycles. The minimum absolute atomic E-state index is 0.0357. The molecule has 2 aliphatic heterocycles. The molecule has 84 valence electrons. The van der Waals surface area contributed by atoms with E-state index < -0.39 is 0 Å². The molecular weight excluding hydrogens is 204 g/mol. The number of rotatable bonds is 3. The van der Waals surface area contributed by atoms with Gasteiger partial charge in [-0.3, -0.25) is 4.79 Å². The summed E-state index contributed by atoms with van der Waals surface area (Å²) in [5.74, 6) is 0.203. The van der Waals surface area contributed by atoms with Gasteiger partial charge in [0.15, 0.2) is 5.78 Å². The van der Waals surface area contributed by atoms with Crippen molar-refractivity contribution in [1.29, 1.82) is 0 Å². The zero-order valence-corrected chi connectivity index (χ0v) is 8.96. The lowest BCUT2D eigenvalue weighted by Gasteiger charge is -2.18. The van der Waals surface area contributed by atoms with Gasteiger partial charge in [0.05, 0.1) is 18.8 Å². The normalized spacial score (nSPS) is 32.2. The van der Waals surface area contributed by atoms with Gasteiger partial charge in [0, 0.05) is 12.8 Å². The third kappa shape index (κ3) is 1.77. The van der Waals surface area contributed by atoms with Gasteiger partial charge in [0.25, 0.3) is 0 Å². The number of hydrogen-bond acceptors (Lipinski definition) is 3. The average Bonchev–Trinajstić information content (AvgIpc) is 2.86. The van der Waals surface area contributed by atoms with Crippen molar-refractivity contribution in [3.63, 3.8) is 0 Å². The zero-order valence-electron chi connectivity index (χ0n) is 8.96. The van der Waals surface area contributed by atoms with Gasteiger partial charge in [-0.15, -0.1) is 0 Å². The van der Waals surface area contributed by atoms with Crippen LogP contribution in [0, 0.1) is 0 Å². The van der Waals surface area contributed by atoms with Gasteiger partial charge in [0.2, 0.25) is 0 Å². The van der Waals surface area contributed by atoms with Gasteiger partial charge in [-0.2, -0.15) is 0 Å². The van der Waals surface area contributed by atoms with E-state index in [1.807, 2.05) is 30.3 Å². The lowest BCUT2D eigenvalue weighted by Crippen LogP contribution is -2.32. The molecule has 2 bridgehead atoms. The van der Waals surface area contributed by atoms with Gasteiger partial charge in [-0.05, 0) is 5.56 Å². The van der Waals surface area contributed by atoms with Gasteiger partial charge in [-0.1, -0.05) is 30.3 Å². The maximum absolute atomic E-state index is 11.5. The third-order valence-electron chi connectivity index (χ3n) is 3.23. The average molecular weight is 218 g/mol. The first kappa shape index (κ1) is 10.00. The summed E-state index contributed by atoms with van der Waals surface area (Å²) in [5.41, 5.74) is 1.14. The lowest BCUT2D eigenvalue weighted by atomic mass is 9.96. The second kappa shape index (κ2) is 4.00. The molecule has 0 N–H and O–H groups in total. The molecule has 16 heavy (non-hydrogen) atoms. The van der Waals surface area contributed by atoms with Gasteiger partial charge in [-0.25, -0.2) is 0 Å². The summed E-state index contributed by atoms with van der Waals surface area (Å²) >= 11 is 0. The Balaban J connectivity index is 1.59. The summed E-state index contributed by atoms with van der Waals surface area (Å²) in [4.78, 5) is 11.5. The van der Waals surface area contributed by atoms with Crippen LogP contribution in [0.25, 0.3) is 0 Å². The van der Waals surface area contributed by atoms with E-state index in [4.69, 9.17) is 9.47 Å². The monoisotopic (exact) mass is 218 g/mol. The molecule has 0 aromatic heterocycles. The first-order valence-electron chi connectivity index (χ1n) is 5.66. The van der Waals surface area contributed by atoms with Crippen molar-refractivity contribution in [2.75, 3.05) is 0 Å². The highest BCUT2D eigenvalue weighted by Crippen LogP contribution is 2.34. The van der Waals surface area contributed by atoms with Crippen molar-refractivity contribution >= 4 is 5.78 Å². The third-order valence-corrected chi connectivity index (χ3v) is 3.23. The molecule has 2 saturated heterocycles. The molecule has 3 nitrogen and oxygen atoms in total. The molecule has 0 spiro atoms. The summed E-state index contributed by atoms with van der Waals surface area (Å²) in [6.45, 7) is 0.561. The Labute approximate surface area is 94.4 Å². The van der Waals surface area contributed by atoms with Crippen LogP contribution >= 0.6 is 0 Å². The molecule has 2 fully saturated rings. The van der Waals surface area contributed by atoms with Crippen LogP contribution in [0.15, 0.2) is 30.3 Å².